The molecule has 4 bridgehead atoms. The van der Waals surface area contributed by atoms with Gasteiger partial charge in [0.2, 0.25) is 0 Å². The monoisotopic (exact) mass is 403 g/mol. The van der Waals surface area contributed by atoms with Gasteiger partial charge in [-0.15, -0.1) is 0 Å². The van der Waals surface area contributed by atoms with Gasteiger partial charge < -0.3 is 7.58 Å². The Labute approximate surface area is 163 Å². The second-order valence-electron chi connectivity index (χ2n) is 5.99. The van der Waals surface area contributed by atoms with E-state index in [0.717, 1.165) is 10.7 Å². The highest BCUT2D eigenvalue weighted by Crippen LogP contribution is 2.32. The van der Waals surface area contributed by atoms with E-state index in [9.17, 15) is 18.0 Å². The summed E-state index contributed by atoms with van der Waals surface area (Å²) >= 11 is -1.44. The van der Waals surface area contributed by atoms with Crippen LogP contribution < -0.4 is 3.79 Å². The van der Waals surface area contributed by atoms with Crippen LogP contribution in [-0.4, -0.2) is 41.6 Å². The maximum absolute atomic E-state index is 13.1. The molecule has 1 unspecified atom stereocenters. The minimum absolute atomic E-state index is 0.0836. The second kappa shape index (κ2) is 6.92. The molecule has 1 aliphatic heterocycles. The largest absolute Gasteiger partial charge is 0.885 e. The van der Waals surface area contributed by atoms with Crippen LogP contribution in [0.1, 0.15) is 40.4 Å². The van der Waals surface area contributed by atoms with Crippen molar-refractivity contribution in [3.05, 3.63) is 65.2 Å². The van der Waals surface area contributed by atoms with Crippen LogP contribution in [-0.2, 0) is 9.96 Å². The van der Waals surface area contributed by atoms with E-state index in [1.54, 1.807) is 24.3 Å². The van der Waals surface area contributed by atoms with Crippen molar-refractivity contribution in [2.24, 2.45) is 0 Å². The number of rotatable bonds is 0. The number of hydrogen-bond donors (Lipinski definition) is 0. The fourth-order valence-corrected chi connectivity index (χ4v) is 3.21. The molecule has 4 heterocycles. The lowest BCUT2D eigenvalue weighted by Gasteiger charge is -2.13. The van der Waals surface area contributed by atoms with E-state index in [-0.39, 0.29) is 23.3 Å². The summed E-state index contributed by atoms with van der Waals surface area (Å²) in [7, 11) is 0. The van der Waals surface area contributed by atoms with Crippen LogP contribution in [0.5, 0.6) is 5.88 Å². The Hall–Kier alpha value is -2.90. The van der Waals surface area contributed by atoms with E-state index in [2.05, 4.69) is 15.1 Å². The van der Waals surface area contributed by atoms with Crippen LogP contribution in [0.4, 0.5) is 13.2 Å². The third-order valence-electron chi connectivity index (χ3n) is 4.13. The number of alkyl halides is 3. The lowest BCUT2D eigenvalue weighted by Crippen LogP contribution is -2.17. The van der Waals surface area contributed by atoms with Crippen LogP contribution >= 0.6 is 0 Å². The van der Waals surface area contributed by atoms with Gasteiger partial charge in [-0.05, 0) is 24.3 Å². The molecule has 11 heteroatoms. The van der Waals surface area contributed by atoms with Crippen LogP contribution in [0.2, 0.25) is 0 Å². The molecule has 0 saturated heterocycles. The normalized spacial score (nSPS) is 16.4. The molecular formula is C17H11AlF3N4O3. The van der Waals surface area contributed by atoms with Gasteiger partial charge in [-0.25, -0.2) is 14.8 Å². The Morgan fingerprint density at radius 1 is 1.07 bits per heavy atom. The average Bonchev–Trinajstić information content (AvgIpc) is 3.11. The van der Waals surface area contributed by atoms with E-state index < -0.39 is 33.7 Å². The number of pyridine rings is 2. The van der Waals surface area contributed by atoms with Crippen molar-refractivity contribution in [1.29, 1.82) is 0 Å². The fraction of sp³-hybridized carbons (Fsp3) is 0.176. The first-order valence-corrected chi connectivity index (χ1v) is 9.08. The highest BCUT2D eigenvalue weighted by molar-refractivity contribution is 6.24. The second-order valence-corrected chi connectivity index (χ2v) is 6.65. The van der Waals surface area contributed by atoms with E-state index in [4.69, 9.17) is 7.58 Å². The molecule has 1 radical (unpaired) electrons. The molecule has 1 aliphatic rings. The first kappa shape index (κ1) is 18.5. The van der Waals surface area contributed by atoms with Crippen LogP contribution in [0.25, 0.3) is 5.82 Å². The van der Waals surface area contributed by atoms with E-state index >= 15 is 0 Å². The smallest absolute Gasteiger partial charge is 0.602 e. The molecule has 4 rings (SSSR count). The molecule has 141 valence electrons. The van der Waals surface area contributed by atoms with Gasteiger partial charge in [0.1, 0.15) is 5.69 Å². The molecule has 0 spiro atoms. The maximum atomic E-state index is 13.1. The third-order valence-corrected chi connectivity index (χ3v) is 4.78. The summed E-state index contributed by atoms with van der Waals surface area (Å²) < 4.78 is 50.7. The number of carbonyl (C=O) groups excluding carboxylic acids is 1. The van der Waals surface area contributed by atoms with Gasteiger partial charge in [0.15, 0.2) is 17.4 Å². The average molecular weight is 403 g/mol. The molecule has 0 aliphatic carbocycles. The van der Waals surface area contributed by atoms with Crippen molar-refractivity contribution in [1.82, 2.24) is 19.7 Å². The summed E-state index contributed by atoms with van der Waals surface area (Å²) in [6, 6.07) is 10.5. The fourth-order valence-electron chi connectivity index (χ4n) is 2.68. The standard InChI is InChI=1S/C17H13F3N4O3.Al/c1-9(10-4-2-6-12(21-10)16(26)27)11-5-3-7-14(22-11)24-15(25)8-13(23-24)17(18,19)20;/h2-9,25H,1H3,(H,26,27);/q;+2/p-2. The minimum Gasteiger partial charge on any atom is -0.602 e. The quantitative estimate of drug-likeness (QED) is 0.537. The minimum atomic E-state index is -4.66. The number of fused-ring (bicyclic) bond motifs is 6. The van der Waals surface area contributed by atoms with Gasteiger partial charge in [0.05, 0.1) is 11.4 Å². The zero-order chi connectivity index (χ0) is 19.9. The summed E-state index contributed by atoms with van der Waals surface area (Å²) in [4.78, 5) is 20.9. The first-order chi connectivity index (χ1) is 13.3. The van der Waals surface area contributed by atoms with Crippen molar-refractivity contribution in [3.8, 4) is 11.7 Å². The summed E-state index contributed by atoms with van der Waals surface area (Å²) in [5, 5.41) is 3.58. The van der Waals surface area contributed by atoms with Crippen LogP contribution in [0.15, 0.2) is 42.5 Å². The third kappa shape index (κ3) is 3.46. The predicted octanol–water partition coefficient (Wildman–Crippen LogP) is 2.92. The molecule has 0 aromatic carbocycles. The number of aromatic nitrogens is 4. The molecule has 3 aromatic heterocycles. The number of hydrogen-bond acceptors (Lipinski definition) is 6. The Kier molecular flexibility index (Phi) is 4.57. The Morgan fingerprint density at radius 2 is 1.79 bits per heavy atom. The molecule has 28 heavy (non-hydrogen) atoms. The lowest BCUT2D eigenvalue weighted by molar-refractivity contribution is -0.141. The molecule has 3 aromatic rings. The molecular weight excluding hydrogens is 392 g/mol. The van der Waals surface area contributed by atoms with Crippen molar-refractivity contribution in [2.45, 2.75) is 19.0 Å². The van der Waals surface area contributed by atoms with Crippen LogP contribution in [0, 0.1) is 0 Å². The number of carbonyl (C=O) groups is 1. The zero-order valence-corrected chi connectivity index (χ0v) is 15.5. The van der Waals surface area contributed by atoms with Gasteiger partial charge in [-0.3, -0.25) is 0 Å². The van der Waals surface area contributed by atoms with E-state index in [1.165, 1.54) is 12.1 Å². The van der Waals surface area contributed by atoms with Gasteiger partial charge in [0, 0.05) is 12.0 Å². The topological polar surface area (TPSA) is 79.1 Å². The van der Waals surface area contributed by atoms with Crippen molar-refractivity contribution >= 4 is 21.9 Å². The van der Waals surface area contributed by atoms with E-state index in [0.29, 0.717) is 11.4 Å². The maximum Gasteiger partial charge on any atom is 0.885 e. The SMILES string of the molecule is CC1c2cccc(n2)C(=O)[O][Al][O]c2cc(C(F)(F)F)nn2-c2cccc1n2. The Morgan fingerprint density at radius 3 is 2.54 bits per heavy atom. The van der Waals surface area contributed by atoms with Gasteiger partial charge in [-0.2, -0.15) is 23.0 Å². The molecule has 0 saturated carbocycles. The molecule has 0 N–H and O–H groups in total. The van der Waals surface area contributed by atoms with E-state index in [1.807, 2.05) is 6.92 Å². The van der Waals surface area contributed by atoms with Gasteiger partial charge in [0.25, 0.3) is 0 Å². The summed E-state index contributed by atoms with van der Waals surface area (Å²) in [5.74, 6) is -1.10. The van der Waals surface area contributed by atoms with Crippen molar-refractivity contribution in [2.75, 3.05) is 0 Å². The summed E-state index contributed by atoms with van der Waals surface area (Å²) in [5.41, 5.74) is 0.0795. The molecule has 0 fully saturated rings. The predicted molar refractivity (Wildman–Crippen MR) is 89.9 cm³/mol. The van der Waals surface area contributed by atoms with Gasteiger partial charge in [-0.1, -0.05) is 19.1 Å². The number of nitrogens with zero attached hydrogens (tertiary/aromatic N) is 4. The van der Waals surface area contributed by atoms with Gasteiger partial charge >= 0.3 is 28.0 Å². The zero-order valence-electron chi connectivity index (χ0n) is 14.3. The van der Waals surface area contributed by atoms with Crippen LogP contribution in [0.3, 0.4) is 0 Å². The molecule has 1 atom stereocenters. The van der Waals surface area contributed by atoms with Crippen molar-refractivity contribution < 1.29 is 25.5 Å². The molecule has 7 nitrogen and oxygen atoms in total. The molecule has 0 amide bonds. The Balaban J connectivity index is 1.87. The first-order valence-electron chi connectivity index (χ1n) is 8.14. The lowest BCUT2D eigenvalue weighted by atomic mass is 10.0. The Bertz CT molecular complexity index is 1050. The highest BCUT2D eigenvalue weighted by Gasteiger charge is 2.36. The number of halogens is 3. The summed E-state index contributed by atoms with van der Waals surface area (Å²) in [6.07, 6.45) is -4.66. The highest BCUT2D eigenvalue weighted by atomic mass is 27.2. The van der Waals surface area contributed by atoms with Crippen molar-refractivity contribution in [3.63, 3.8) is 0 Å². The summed E-state index contributed by atoms with van der Waals surface area (Å²) in [6.45, 7) is 1.83.